The third-order valence-corrected chi connectivity index (χ3v) is 4.76. The molecule has 152 valence electrons. The Balaban J connectivity index is 2.00. The molecule has 2 heterocycles. The van der Waals surface area contributed by atoms with E-state index < -0.39 is 17.7 Å². The first-order chi connectivity index (χ1) is 13.9. The van der Waals surface area contributed by atoms with Gasteiger partial charge in [0.2, 0.25) is 0 Å². The van der Waals surface area contributed by atoms with Gasteiger partial charge in [0, 0.05) is 25.4 Å². The van der Waals surface area contributed by atoms with E-state index in [1.54, 1.807) is 25.4 Å². The van der Waals surface area contributed by atoms with Gasteiger partial charge in [0.1, 0.15) is 5.75 Å². The molecule has 0 saturated carbocycles. The Kier molecular flexibility index (Phi) is 6.32. The summed E-state index contributed by atoms with van der Waals surface area (Å²) >= 11 is 0. The van der Waals surface area contributed by atoms with Crippen molar-refractivity contribution >= 4 is 11.7 Å². The number of hydrogen-bond donors (Lipinski definition) is 1. The Morgan fingerprint density at radius 2 is 2.07 bits per heavy atom. The molecule has 6 nitrogen and oxygen atoms in total. The quantitative estimate of drug-likeness (QED) is 0.732. The Hall–Kier alpha value is -3.15. The predicted octanol–water partition coefficient (Wildman–Crippen LogP) is 3.99. The molecule has 1 atom stereocenters. The van der Waals surface area contributed by atoms with Gasteiger partial charge in [0.05, 0.1) is 18.2 Å². The number of carbonyl (C=O) groups excluding carboxylic acids is 2. The van der Waals surface area contributed by atoms with Crippen LogP contribution in [0.3, 0.4) is 0 Å². The van der Waals surface area contributed by atoms with E-state index in [1.165, 1.54) is 4.90 Å². The Bertz CT molecular complexity index is 921. The Morgan fingerprint density at radius 3 is 2.72 bits per heavy atom. The average Bonchev–Trinajstić information content (AvgIpc) is 2.97. The summed E-state index contributed by atoms with van der Waals surface area (Å²) in [5.41, 5.74) is 1.68. The highest BCUT2D eigenvalue weighted by Crippen LogP contribution is 2.40. The normalized spacial score (nSPS) is 16.6. The van der Waals surface area contributed by atoms with Crippen LogP contribution < -0.4 is 4.74 Å². The number of Topliss-reactive ketones (excluding diaryl/α,β-unsaturated/α-hetero) is 1. The number of amides is 1. The van der Waals surface area contributed by atoms with Gasteiger partial charge in [-0.1, -0.05) is 39.0 Å². The van der Waals surface area contributed by atoms with Gasteiger partial charge in [-0.25, -0.2) is 0 Å². The number of nitrogens with zero attached hydrogens (tertiary/aromatic N) is 2. The molecule has 6 heteroatoms. The third-order valence-electron chi connectivity index (χ3n) is 4.76. The monoisotopic (exact) mass is 394 g/mol. The molecule has 0 spiro atoms. The second-order valence-corrected chi connectivity index (χ2v) is 7.51. The molecule has 29 heavy (non-hydrogen) atoms. The van der Waals surface area contributed by atoms with Crippen LogP contribution in [0.15, 0.2) is 60.1 Å². The Labute approximate surface area is 170 Å². The molecular weight excluding hydrogens is 368 g/mol. The number of ketones is 1. The number of rotatable bonds is 8. The zero-order chi connectivity index (χ0) is 21.0. The molecule has 0 bridgehead atoms. The van der Waals surface area contributed by atoms with Crippen LogP contribution >= 0.6 is 0 Å². The van der Waals surface area contributed by atoms with Crippen molar-refractivity contribution in [1.82, 2.24) is 9.88 Å². The SMILES string of the molecule is CCC(=O)C1=C(O)C(=O)N(Cc2cccnc2)C1c1cccc(OCC(C)C)c1. The molecule has 1 aliphatic heterocycles. The fraction of sp³-hybridized carbons (Fsp3) is 0.348. The molecular formula is C23H26N2O4. The molecule has 1 amide bonds. The van der Waals surface area contributed by atoms with Gasteiger partial charge in [-0.3, -0.25) is 14.6 Å². The van der Waals surface area contributed by atoms with Gasteiger partial charge in [0.15, 0.2) is 11.5 Å². The first-order valence-electron chi connectivity index (χ1n) is 9.81. The largest absolute Gasteiger partial charge is 0.503 e. The van der Waals surface area contributed by atoms with E-state index in [1.807, 2.05) is 30.3 Å². The second kappa shape index (κ2) is 8.90. The van der Waals surface area contributed by atoms with Gasteiger partial charge < -0.3 is 14.7 Å². The number of aliphatic hydroxyl groups excluding tert-OH is 1. The van der Waals surface area contributed by atoms with Gasteiger partial charge in [-0.05, 0) is 35.2 Å². The molecule has 1 aliphatic rings. The van der Waals surface area contributed by atoms with Crippen LogP contribution in [0.25, 0.3) is 0 Å². The first-order valence-corrected chi connectivity index (χ1v) is 9.81. The zero-order valence-electron chi connectivity index (χ0n) is 17.0. The minimum absolute atomic E-state index is 0.141. The predicted molar refractivity (Wildman–Crippen MR) is 109 cm³/mol. The number of ether oxygens (including phenoxy) is 1. The van der Waals surface area contributed by atoms with Crippen LogP contribution in [0, 0.1) is 5.92 Å². The summed E-state index contributed by atoms with van der Waals surface area (Å²) in [6.45, 7) is 6.64. The van der Waals surface area contributed by atoms with Crippen molar-refractivity contribution in [2.45, 2.75) is 39.8 Å². The van der Waals surface area contributed by atoms with Crippen LogP contribution in [0.5, 0.6) is 5.75 Å². The number of pyridine rings is 1. The molecule has 1 aromatic carbocycles. The molecule has 1 aromatic heterocycles. The highest BCUT2D eigenvalue weighted by atomic mass is 16.5. The summed E-state index contributed by atoms with van der Waals surface area (Å²) in [6.07, 6.45) is 3.53. The van der Waals surface area contributed by atoms with Gasteiger partial charge >= 0.3 is 0 Å². The summed E-state index contributed by atoms with van der Waals surface area (Å²) in [5.74, 6) is -0.235. The van der Waals surface area contributed by atoms with Crippen molar-refractivity contribution in [2.24, 2.45) is 5.92 Å². The maximum atomic E-state index is 12.8. The van der Waals surface area contributed by atoms with Crippen molar-refractivity contribution in [1.29, 1.82) is 0 Å². The van der Waals surface area contributed by atoms with Crippen molar-refractivity contribution in [2.75, 3.05) is 6.61 Å². The summed E-state index contributed by atoms with van der Waals surface area (Å²) < 4.78 is 5.82. The topological polar surface area (TPSA) is 79.7 Å². The van der Waals surface area contributed by atoms with E-state index in [9.17, 15) is 14.7 Å². The molecule has 2 aromatic rings. The van der Waals surface area contributed by atoms with E-state index in [0.717, 1.165) is 11.1 Å². The van der Waals surface area contributed by atoms with E-state index in [-0.39, 0.29) is 24.3 Å². The summed E-state index contributed by atoms with van der Waals surface area (Å²) in [7, 11) is 0. The minimum atomic E-state index is -0.669. The van der Waals surface area contributed by atoms with Gasteiger partial charge in [0.25, 0.3) is 5.91 Å². The highest BCUT2D eigenvalue weighted by molar-refractivity contribution is 6.08. The lowest BCUT2D eigenvalue weighted by Crippen LogP contribution is -2.30. The van der Waals surface area contributed by atoms with Gasteiger partial charge in [-0.2, -0.15) is 0 Å². The molecule has 0 aliphatic carbocycles. The maximum Gasteiger partial charge on any atom is 0.290 e. The smallest absolute Gasteiger partial charge is 0.290 e. The van der Waals surface area contributed by atoms with E-state index in [4.69, 9.17) is 4.74 Å². The molecule has 3 rings (SSSR count). The molecule has 0 saturated heterocycles. The molecule has 0 radical (unpaired) electrons. The lowest BCUT2D eigenvalue weighted by Gasteiger charge is -2.27. The van der Waals surface area contributed by atoms with E-state index in [0.29, 0.717) is 18.3 Å². The average molecular weight is 394 g/mol. The van der Waals surface area contributed by atoms with Crippen LogP contribution in [0.1, 0.15) is 44.4 Å². The van der Waals surface area contributed by atoms with Gasteiger partial charge in [-0.15, -0.1) is 0 Å². The number of carbonyl (C=O) groups is 2. The highest BCUT2D eigenvalue weighted by Gasteiger charge is 2.43. The summed E-state index contributed by atoms with van der Waals surface area (Å²) in [4.78, 5) is 31.1. The summed E-state index contributed by atoms with van der Waals surface area (Å²) in [6, 6.07) is 10.3. The standard InChI is InChI=1S/C23H26N2O4/c1-4-19(26)20-21(17-8-5-9-18(11-17)29-14-15(2)3)25(23(28)22(20)27)13-16-7-6-10-24-12-16/h5-12,15,21,27H,4,13-14H2,1-3H3. The van der Waals surface area contributed by atoms with Crippen molar-refractivity contribution in [3.8, 4) is 5.75 Å². The number of aromatic nitrogens is 1. The third kappa shape index (κ3) is 4.47. The Morgan fingerprint density at radius 1 is 1.28 bits per heavy atom. The van der Waals surface area contributed by atoms with Crippen molar-refractivity contribution in [3.63, 3.8) is 0 Å². The molecule has 1 unspecified atom stereocenters. The zero-order valence-corrected chi connectivity index (χ0v) is 17.0. The van der Waals surface area contributed by atoms with Crippen molar-refractivity contribution in [3.05, 3.63) is 71.3 Å². The number of hydrogen-bond acceptors (Lipinski definition) is 5. The van der Waals surface area contributed by atoms with Crippen LogP contribution in [-0.2, 0) is 16.1 Å². The van der Waals surface area contributed by atoms with Crippen LogP contribution in [-0.4, -0.2) is 33.3 Å². The van der Waals surface area contributed by atoms with Crippen LogP contribution in [0.4, 0.5) is 0 Å². The van der Waals surface area contributed by atoms with Crippen molar-refractivity contribution < 1.29 is 19.4 Å². The maximum absolute atomic E-state index is 12.8. The second-order valence-electron chi connectivity index (χ2n) is 7.51. The number of aliphatic hydroxyl groups is 1. The van der Waals surface area contributed by atoms with E-state index in [2.05, 4.69) is 18.8 Å². The van der Waals surface area contributed by atoms with Crippen LogP contribution in [0.2, 0.25) is 0 Å². The van der Waals surface area contributed by atoms with E-state index >= 15 is 0 Å². The number of benzene rings is 1. The first kappa shape index (κ1) is 20.6. The molecule has 0 fully saturated rings. The fourth-order valence-electron chi connectivity index (χ4n) is 3.36. The lowest BCUT2D eigenvalue weighted by molar-refractivity contribution is -0.130. The fourth-order valence-corrected chi connectivity index (χ4v) is 3.36. The summed E-state index contributed by atoms with van der Waals surface area (Å²) in [5, 5.41) is 10.5. The minimum Gasteiger partial charge on any atom is -0.503 e. The lowest BCUT2D eigenvalue weighted by atomic mass is 9.94. The molecule has 1 N–H and O–H groups in total.